The molecule has 0 bridgehead atoms. The molecular weight excluding hydrogens is 340 g/mol. The molecule has 1 aromatic carbocycles. The maximum absolute atomic E-state index is 12.3. The molecule has 0 saturated heterocycles. The number of rotatable bonds is 6. The summed E-state index contributed by atoms with van der Waals surface area (Å²) in [6, 6.07) is 12.1. The van der Waals surface area contributed by atoms with Crippen molar-refractivity contribution in [2.45, 2.75) is 18.6 Å². The first-order valence-electron chi connectivity index (χ1n) is 7.50. The SMILES string of the molecule is Cc1ccccc1-n1cnnc1SCC(=O)N(C)Cc1cccs1. The summed E-state index contributed by atoms with van der Waals surface area (Å²) in [5, 5.41) is 10.9. The molecule has 0 aliphatic heterocycles. The molecule has 0 aliphatic rings. The number of benzene rings is 1. The lowest BCUT2D eigenvalue weighted by molar-refractivity contribution is -0.127. The summed E-state index contributed by atoms with van der Waals surface area (Å²) in [5.74, 6) is 0.416. The highest BCUT2D eigenvalue weighted by molar-refractivity contribution is 7.99. The average Bonchev–Trinajstić information content (AvgIpc) is 3.24. The second kappa shape index (κ2) is 7.63. The summed E-state index contributed by atoms with van der Waals surface area (Å²) in [6.07, 6.45) is 1.69. The zero-order valence-electron chi connectivity index (χ0n) is 13.5. The van der Waals surface area contributed by atoms with Gasteiger partial charge in [0, 0.05) is 11.9 Å². The summed E-state index contributed by atoms with van der Waals surface area (Å²) in [4.78, 5) is 15.3. The summed E-state index contributed by atoms with van der Waals surface area (Å²) in [7, 11) is 1.83. The van der Waals surface area contributed by atoms with E-state index in [1.807, 2.05) is 60.3 Å². The molecule has 0 radical (unpaired) electrons. The van der Waals surface area contributed by atoms with Crippen molar-refractivity contribution < 1.29 is 4.79 Å². The Labute approximate surface area is 149 Å². The number of aromatic nitrogens is 3. The molecule has 2 aromatic heterocycles. The second-order valence-corrected chi connectivity index (χ2v) is 7.36. The van der Waals surface area contributed by atoms with Gasteiger partial charge in [-0.25, -0.2) is 0 Å². The van der Waals surface area contributed by atoms with Gasteiger partial charge in [0.2, 0.25) is 5.91 Å². The van der Waals surface area contributed by atoms with Gasteiger partial charge in [0.05, 0.1) is 18.0 Å². The highest BCUT2D eigenvalue weighted by Crippen LogP contribution is 2.22. The van der Waals surface area contributed by atoms with E-state index < -0.39 is 0 Å². The van der Waals surface area contributed by atoms with E-state index in [0.717, 1.165) is 16.4 Å². The second-order valence-electron chi connectivity index (χ2n) is 5.39. The smallest absolute Gasteiger partial charge is 0.233 e. The first-order chi connectivity index (χ1) is 11.6. The zero-order valence-corrected chi connectivity index (χ0v) is 15.2. The van der Waals surface area contributed by atoms with Gasteiger partial charge in [-0.3, -0.25) is 9.36 Å². The Balaban J connectivity index is 1.64. The molecule has 2 heterocycles. The van der Waals surface area contributed by atoms with Gasteiger partial charge in [0.25, 0.3) is 0 Å². The van der Waals surface area contributed by atoms with Crippen LogP contribution in [-0.2, 0) is 11.3 Å². The van der Waals surface area contributed by atoms with Gasteiger partial charge >= 0.3 is 0 Å². The van der Waals surface area contributed by atoms with Crippen LogP contribution < -0.4 is 0 Å². The monoisotopic (exact) mass is 358 g/mol. The third kappa shape index (κ3) is 3.85. The third-order valence-corrected chi connectivity index (χ3v) is 5.40. The zero-order chi connectivity index (χ0) is 16.9. The molecule has 1 amide bonds. The molecule has 3 rings (SSSR count). The Morgan fingerprint density at radius 3 is 2.88 bits per heavy atom. The van der Waals surface area contributed by atoms with Crippen molar-refractivity contribution in [1.82, 2.24) is 19.7 Å². The fourth-order valence-corrected chi connectivity index (χ4v) is 3.90. The number of hydrogen-bond donors (Lipinski definition) is 0. The van der Waals surface area contributed by atoms with E-state index in [0.29, 0.717) is 12.3 Å². The first-order valence-corrected chi connectivity index (χ1v) is 9.37. The van der Waals surface area contributed by atoms with Crippen LogP contribution in [0.2, 0.25) is 0 Å². The van der Waals surface area contributed by atoms with Gasteiger partial charge in [-0.2, -0.15) is 0 Å². The van der Waals surface area contributed by atoms with Crippen LogP contribution >= 0.6 is 23.1 Å². The lowest BCUT2D eigenvalue weighted by Crippen LogP contribution is -2.27. The number of aryl methyl sites for hydroxylation is 1. The molecule has 7 heteroatoms. The third-order valence-electron chi connectivity index (χ3n) is 3.62. The predicted molar refractivity (Wildman–Crippen MR) is 97.6 cm³/mol. The number of amides is 1. The Hall–Kier alpha value is -2.12. The number of thiophene rings is 1. The van der Waals surface area contributed by atoms with Crippen molar-refractivity contribution in [2.24, 2.45) is 0 Å². The summed E-state index contributed by atoms with van der Waals surface area (Å²) in [6.45, 7) is 2.69. The number of thioether (sulfide) groups is 1. The van der Waals surface area contributed by atoms with Gasteiger partial charge < -0.3 is 4.90 Å². The summed E-state index contributed by atoms with van der Waals surface area (Å²) >= 11 is 3.07. The molecule has 0 N–H and O–H groups in total. The molecular formula is C17H18N4OS2. The molecule has 5 nitrogen and oxygen atoms in total. The van der Waals surface area contributed by atoms with E-state index in [2.05, 4.69) is 10.2 Å². The van der Waals surface area contributed by atoms with E-state index in [1.54, 1.807) is 22.6 Å². The molecule has 0 saturated carbocycles. The number of para-hydroxylation sites is 1. The maximum Gasteiger partial charge on any atom is 0.233 e. The standard InChI is InChI=1S/C17H18N4OS2/c1-13-6-3-4-8-15(13)21-12-18-19-17(21)24-11-16(22)20(2)10-14-7-5-9-23-14/h3-9,12H,10-11H2,1-2H3. The van der Waals surface area contributed by atoms with Crippen molar-refractivity contribution in [1.29, 1.82) is 0 Å². The molecule has 0 spiro atoms. The molecule has 0 aliphatic carbocycles. The fourth-order valence-electron chi connectivity index (χ4n) is 2.28. The van der Waals surface area contributed by atoms with E-state index in [-0.39, 0.29) is 5.91 Å². The first kappa shape index (κ1) is 16.7. The Morgan fingerprint density at radius 1 is 1.29 bits per heavy atom. The average molecular weight is 358 g/mol. The minimum atomic E-state index is 0.0766. The number of hydrogen-bond acceptors (Lipinski definition) is 5. The van der Waals surface area contributed by atoms with Crippen LogP contribution in [0.1, 0.15) is 10.4 Å². The topological polar surface area (TPSA) is 51.0 Å². The Bertz CT molecular complexity index is 814. The molecule has 0 atom stereocenters. The van der Waals surface area contributed by atoms with Crippen LogP contribution in [0.5, 0.6) is 0 Å². The molecule has 0 unspecified atom stereocenters. The minimum absolute atomic E-state index is 0.0766. The summed E-state index contributed by atoms with van der Waals surface area (Å²) < 4.78 is 1.92. The lowest BCUT2D eigenvalue weighted by Gasteiger charge is -2.16. The van der Waals surface area contributed by atoms with Crippen molar-refractivity contribution in [2.75, 3.05) is 12.8 Å². The minimum Gasteiger partial charge on any atom is -0.340 e. The van der Waals surface area contributed by atoms with E-state index in [1.165, 1.54) is 16.6 Å². The van der Waals surface area contributed by atoms with Gasteiger partial charge in [-0.05, 0) is 30.0 Å². The Morgan fingerprint density at radius 2 is 2.12 bits per heavy atom. The number of carbonyl (C=O) groups is 1. The fraction of sp³-hybridized carbons (Fsp3) is 0.235. The van der Waals surface area contributed by atoms with E-state index >= 15 is 0 Å². The Kier molecular flexibility index (Phi) is 5.32. The normalized spacial score (nSPS) is 10.8. The molecule has 124 valence electrons. The van der Waals surface area contributed by atoms with Gasteiger partial charge in [0.15, 0.2) is 5.16 Å². The van der Waals surface area contributed by atoms with Crippen molar-refractivity contribution in [3.05, 3.63) is 58.5 Å². The molecule has 24 heavy (non-hydrogen) atoms. The maximum atomic E-state index is 12.3. The predicted octanol–water partition coefficient (Wildman–Crippen LogP) is 3.39. The highest BCUT2D eigenvalue weighted by Gasteiger charge is 2.14. The highest BCUT2D eigenvalue weighted by atomic mass is 32.2. The summed E-state index contributed by atoms with van der Waals surface area (Å²) in [5.41, 5.74) is 2.17. The van der Waals surface area contributed by atoms with Gasteiger partial charge in [-0.15, -0.1) is 21.5 Å². The van der Waals surface area contributed by atoms with E-state index in [9.17, 15) is 4.79 Å². The van der Waals surface area contributed by atoms with Crippen LogP contribution in [0.15, 0.2) is 53.3 Å². The molecule has 3 aromatic rings. The largest absolute Gasteiger partial charge is 0.340 e. The van der Waals surface area contributed by atoms with Gasteiger partial charge in [0.1, 0.15) is 6.33 Å². The molecule has 0 fully saturated rings. The van der Waals surface area contributed by atoms with E-state index in [4.69, 9.17) is 0 Å². The lowest BCUT2D eigenvalue weighted by atomic mass is 10.2. The van der Waals surface area contributed by atoms with Crippen molar-refractivity contribution in [3.63, 3.8) is 0 Å². The van der Waals surface area contributed by atoms with Crippen LogP contribution in [0.25, 0.3) is 5.69 Å². The van der Waals surface area contributed by atoms with Gasteiger partial charge in [-0.1, -0.05) is 36.0 Å². The van der Waals surface area contributed by atoms with Crippen LogP contribution in [0.4, 0.5) is 0 Å². The number of nitrogens with zero attached hydrogens (tertiary/aromatic N) is 4. The van der Waals surface area contributed by atoms with Crippen LogP contribution in [0.3, 0.4) is 0 Å². The van der Waals surface area contributed by atoms with Crippen molar-refractivity contribution in [3.8, 4) is 5.69 Å². The number of carbonyl (C=O) groups excluding carboxylic acids is 1. The van der Waals surface area contributed by atoms with Crippen LogP contribution in [-0.4, -0.2) is 38.4 Å². The quantitative estimate of drug-likeness (QED) is 0.634. The van der Waals surface area contributed by atoms with Crippen molar-refractivity contribution >= 4 is 29.0 Å². The van der Waals surface area contributed by atoms with Crippen LogP contribution in [0, 0.1) is 6.92 Å².